The zero-order valence-electron chi connectivity index (χ0n) is 8.03. The molecule has 6 nitrogen and oxygen atoms in total. The Morgan fingerprint density at radius 1 is 1.50 bits per heavy atom. The highest BCUT2D eigenvalue weighted by Gasteiger charge is 2.08. The van der Waals surface area contributed by atoms with Crippen molar-refractivity contribution >= 4 is 17.0 Å². The molecule has 14 heavy (non-hydrogen) atoms. The minimum atomic E-state index is 0.528. The van der Waals surface area contributed by atoms with E-state index in [1.165, 1.54) is 0 Å². The Balaban J connectivity index is 2.55. The summed E-state index contributed by atoms with van der Waals surface area (Å²) >= 11 is 0. The van der Waals surface area contributed by atoms with Crippen molar-refractivity contribution in [1.29, 1.82) is 0 Å². The van der Waals surface area contributed by atoms with Crippen molar-refractivity contribution in [1.82, 2.24) is 20.2 Å². The van der Waals surface area contributed by atoms with Gasteiger partial charge in [-0.3, -0.25) is 5.10 Å². The maximum Gasteiger partial charge on any atom is 0.229 e. The lowest BCUT2D eigenvalue weighted by Gasteiger charge is -2.04. The highest BCUT2D eigenvalue weighted by molar-refractivity contribution is 5.80. The number of nitrogens with zero attached hydrogens (tertiary/aromatic N) is 3. The summed E-state index contributed by atoms with van der Waals surface area (Å²) in [4.78, 5) is 8.39. The van der Waals surface area contributed by atoms with Crippen molar-refractivity contribution in [2.45, 2.75) is 6.92 Å². The smallest absolute Gasteiger partial charge is 0.229 e. The molecule has 0 bridgehead atoms. The first-order chi connectivity index (χ1) is 6.85. The van der Waals surface area contributed by atoms with Crippen LogP contribution in [-0.4, -0.2) is 33.8 Å². The van der Waals surface area contributed by atoms with E-state index in [-0.39, 0.29) is 0 Å². The Hall–Kier alpha value is -1.85. The lowest BCUT2D eigenvalue weighted by molar-refractivity contribution is 0.403. The van der Waals surface area contributed by atoms with Crippen molar-refractivity contribution in [3.8, 4) is 5.88 Å². The van der Waals surface area contributed by atoms with Crippen LogP contribution in [0.15, 0.2) is 6.20 Å². The van der Waals surface area contributed by atoms with Gasteiger partial charge in [-0.05, 0) is 6.92 Å². The fourth-order valence-electron chi connectivity index (χ4n) is 1.20. The van der Waals surface area contributed by atoms with Crippen LogP contribution in [0.3, 0.4) is 0 Å². The van der Waals surface area contributed by atoms with Gasteiger partial charge in [-0.15, -0.1) is 0 Å². The van der Waals surface area contributed by atoms with E-state index in [2.05, 4.69) is 25.5 Å². The third-order valence-electron chi connectivity index (χ3n) is 1.80. The van der Waals surface area contributed by atoms with E-state index < -0.39 is 0 Å². The molecule has 0 aliphatic heterocycles. The third-order valence-corrected chi connectivity index (χ3v) is 1.80. The Bertz CT molecular complexity index is 438. The number of hydrogen-bond acceptors (Lipinski definition) is 5. The summed E-state index contributed by atoms with van der Waals surface area (Å²) in [5, 5.41) is 10.4. The Morgan fingerprint density at radius 2 is 2.36 bits per heavy atom. The van der Waals surface area contributed by atoms with Gasteiger partial charge in [-0.2, -0.15) is 15.1 Å². The van der Waals surface area contributed by atoms with Crippen molar-refractivity contribution < 1.29 is 4.74 Å². The van der Waals surface area contributed by atoms with Gasteiger partial charge in [-0.1, -0.05) is 0 Å². The summed E-state index contributed by atoms with van der Waals surface area (Å²) in [7, 11) is 1.57. The van der Waals surface area contributed by atoms with Gasteiger partial charge in [0.2, 0.25) is 11.8 Å². The average Bonchev–Trinajstić information content (AvgIpc) is 2.65. The predicted molar refractivity (Wildman–Crippen MR) is 52.4 cm³/mol. The zero-order valence-corrected chi connectivity index (χ0v) is 8.03. The molecule has 2 rings (SSSR count). The van der Waals surface area contributed by atoms with Crippen molar-refractivity contribution in [3.63, 3.8) is 0 Å². The first-order valence-corrected chi connectivity index (χ1v) is 4.34. The highest BCUT2D eigenvalue weighted by Crippen LogP contribution is 2.21. The largest absolute Gasteiger partial charge is 0.480 e. The molecule has 0 fully saturated rings. The fourth-order valence-corrected chi connectivity index (χ4v) is 1.20. The van der Waals surface area contributed by atoms with Gasteiger partial charge in [0.05, 0.1) is 13.3 Å². The molecule has 0 unspecified atom stereocenters. The molecule has 0 aliphatic carbocycles. The molecular weight excluding hydrogens is 182 g/mol. The molecule has 0 saturated carbocycles. The molecule has 0 aliphatic rings. The summed E-state index contributed by atoms with van der Waals surface area (Å²) in [6, 6.07) is 0. The SMILES string of the molecule is CCNc1nc(OC)c2cn[nH]c2n1. The number of H-pyrrole nitrogens is 1. The number of nitrogens with one attached hydrogen (secondary N) is 2. The van der Waals surface area contributed by atoms with Gasteiger partial charge in [0, 0.05) is 6.54 Å². The first-order valence-electron chi connectivity index (χ1n) is 4.34. The molecule has 0 saturated heterocycles. The van der Waals surface area contributed by atoms with Crippen LogP contribution in [0.4, 0.5) is 5.95 Å². The monoisotopic (exact) mass is 193 g/mol. The molecule has 74 valence electrons. The summed E-state index contributed by atoms with van der Waals surface area (Å²) < 4.78 is 5.12. The average molecular weight is 193 g/mol. The summed E-state index contributed by atoms with van der Waals surface area (Å²) in [6.45, 7) is 2.75. The lowest BCUT2D eigenvalue weighted by atomic mass is 10.4. The molecule has 2 aromatic rings. The second-order valence-corrected chi connectivity index (χ2v) is 2.72. The lowest BCUT2D eigenvalue weighted by Crippen LogP contribution is -2.03. The molecule has 2 aromatic heterocycles. The minimum absolute atomic E-state index is 0.528. The van der Waals surface area contributed by atoms with E-state index in [1.807, 2.05) is 6.92 Å². The van der Waals surface area contributed by atoms with Crippen LogP contribution in [0.2, 0.25) is 0 Å². The van der Waals surface area contributed by atoms with Crippen molar-refractivity contribution in [3.05, 3.63) is 6.20 Å². The van der Waals surface area contributed by atoms with Crippen LogP contribution in [0.5, 0.6) is 5.88 Å². The predicted octanol–water partition coefficient (Wildman–Crippen LogP) is 0.793. The van der Waals surface area contributed by atoms with Crippen LogP contribution in [-0.2, 0) is 0 Å². The highest BCUT2D eigenvalue weighted by atomic mass is 16.5. The number of hydrogen-bond donors (Lipinski definition) is 2. The van der Waals surface area contributed by atoms with E-state index in [0.717, 1.165) is 11.9 Å². The van der Waals surface area contributed by atoms with Gasteiger partial charge in [0.15, 0.2) is 5.65 Å². The summed E-state index contributed by atoms with van der Waals surface area (Å²) in [5.74, 6) is 1.07. The zero-order chi connectivity index (χ0) is 9.97. The van der Waals surface area contributed by atoms with Gasteiger partial charge < -0.3 is 10.1 Å². The molecule has 0 spiro atoms. The van der Waals surface area contributed by atoms with Gasteiger partial charge in [0.25, 0.3) is 0 Å². The number of methoxy groups -OCH3 is 1. The molecule has 2 N–H and O–H groups in total. The van der Waals surface area contributed by atoms with Crippen LogP contribution < -0.4 is 10.1 Å². The molecule has 6 heteroatoms. The maximum absolute atomic E-state index is 5.12. The van der Waals surface area contributed by atoms with Gasteiger partial charge in [0.1, 0.15) is 5.39 Å². The Morgan fingerprint density at radius 3 is 3.07 bits per heavy atom. The van der Waals surface area contributed by atoms with Crippen molar-refractivity contribution in [2.24, 2.45) is 0 Å². The number of ether oxygens (including phenoxy) is 1. The van der Waals surface area contributed by atoms with E-state index in [1.54, 1.807) is 13.3 Å². The quantitative estimate of drug-likeness (QED) is 0.753. The molecule has 0 atom stereocenters. The number of rotatable bonds is 3. The van der Waals surface area contributed by atoms with Crippen LogP contribution >= 0.6 is 0 Å². The third kappa shape index (κ3) is 1.34. The maximum atomic E-state index is 5.12. The Kier molecular flexibility index (Phi) is 2.18. The Labute approximate surface area is 80.7 Å². The molecule has 0 radical (unpaired) electrons. The van der Waals surface area contributed by atoms with Crippen LogP contribution in [0.25, 0.3) is 11.0 Å². The van der Waals surface area contributed by atoms with E-state index in [0.29, 0.717) is 17.5 Å². The van der Waals surface area contributed by atoms with Crippen LogP contribution in [0, 0.1) is 0 Å². The second kappa shape index (κ2) is 3.49. The molecule has 0 amide bonds. The van der Waals surface area contributed by atoms with Gasteiger partial charge in [-0.25, -0.2) is 0 Å². The normalized spacial score (nSPS) is 10.4. The van der Waals surface area contributed by atoms with Gasteiger partial charge >= 0.3 is 0 Å². The van der Waals surface area contributed by atoms with E-state index in [9.17, 15) is 0 Å². The van der Waals surface area contributed by atoms with Crippen LogP contribution in [0.1, 0.15) is 6.92 Å². The first kappa shape index (κ1) is 8.74. The molecule has 0 aromatic carbocycles. The summed E-state index contributed by atoms with van der Waals surface area (Å²) in [5.41, 5.74) is 0.674. The number of aromatic nitrogens is 4. The molecule has 2 heterocycles. The van der Waals surface area contributed by atoms with Crippen molar-refractivity contribution in [2.75, 3.05) is 19.0 Å². The summed E-state index contributed by atoms with van der Waals surface area (Å²) in [6.07, 6.45) is 1.64. The second-order valence-electron chi connectivity index (χ2n) is 2.72. The molecular formula is C8H11N5O. The topological polar surface area (TPSA) is 75.7 Å². The fraction of sp³-hybridized carbons (Fsp3) is 0.375. The number of fused-ring (bicyclic) bond motifs is 1. The van der Waals surface area contributed by atoms with E-state index in [4.69, 9.17) is 4.74 Å². The number of anilines is 1. The standard InChI is InChI=1S/C8H11N5O/c1-3-9-8-11-6-5(4-10-13-6)7(12-8)14-2/h4H,3H2,1-2H3,(H2,9,10,11,12,13). The minimum Gasteiger partial charge on any atom is -0.480 e. The van der Waals surface area contributed by atoms with E-state index >= 15 is 0 Å². The number of aromatic amines is 1.